The molecule has 0 aliphatic rings. The van der Waals surface area contributed by atoms with Crippen molar-refractivity contribution in [3.8, 4) is 5.88 Å². The highest BCUT2D eigenvalue weighted by Gasteiger charge is 2.54. The first kappa shape index (κ1) is 17.5. The van der Waals surface area contributed by atoms with Crippen molar-refractivity contribution in [2.24, 2.45) is 0 Å². The van der Waals surface area contributed by atoms with Gasteiger partial charge in [0.2, 0.25) is 5.88 Å². The van der Waals surface area contributed by atoms with E-state index in [0.717, 1.165) is 13.3 Å². The molecule has 0 saturated carbocycles. The van der Waals surface area contributed by atoms with Gasteiger partial charge in [0.15, 0.2) is 6.10 Å². The first-order valence-electron chi connectivity index (χ1n) is 4.94. The van der Waals surface area contributed by atoms with Crippen molar-refractivity contribution in [2.45, 2.75) is 17.8 Å². The van der Waals surface area contributed by atoms with Gasteiger partial charge in [-0.3, -0.25) is 0 Å². The molecule has 0 N–H and O–H groups in total. The lowest BCUT2D eigenvalue weighted by Crippen LogP contribution is -2.32. The molecule has 0 aliphatic carbocycles. The molecule has 1 atom stereocenters. The van der Waals surface area contributed by atoms with Crippen molar-refractivity contribution in [2.75, 3.05) is 7.11 Å². The number of methoxy groups -OCH3 is 1. The smallest absolute Gasteiger partial charge is 0.481 e. The molecule has 0 spiro atoms. The van der Waals surface area contributed by atoms with Crippen molar-refractivity contribution in [1.82, 2.24) is 4.98 Å². The zero-order valence-corrected chi connectivity index (χ0v) is 10.9. The molecule has 1 unspecified atom stereocenters. The summed E-state index contributed by atoms with van der Waals surface area (Å²) in [6, 6.07) is 1.27. The fraction of sp³-hybridized carbons (Fsp3) is 0.444. The third-order valence-corrected chi connectivity index (χ3v) is 3.09. The molecule has 12 heteroatoms. The predicted octanol–water partition coefficient (Wildman–Crippen LogP) is 2.56. The lowest BCUT2D eigenvalue weighted by Gasteiger charge is -2.21. The molecule has 21 heavy (non-hydrogen) atoms. The molecule has 0 fully saturated rings. The van der Waals surface area contributed by atoms with Gasteiger partial charge < -0.3 is 4.74 Å². The zero-order chi connectivity index (χ0) is 16.5. The number of nitrogens with zero attached hydrogens (tertiary/aromatic N) is 1. The second kappa shape index (κ2) is 5.67. The third-order valence-electron chi connectivity index (χ3n) is 2.07. The molecular weight excluding hydrogens is 332 g/mol. The van der Waals surface area contributed by atoms with Crippen LogP contribution in [-0.2, 0) is 14.3 Å². The van der Waals surface area contributed by atoms with Crippen LogP contribution in [0.25, 0.3) is 0 Å². The van der Waals surface area contributed by atoms with Crippen molar-refractivity contribution >= 4 is 10.1 Å². The van der Waals surface area contributed by atoms with Crippen LogP contribution >= 0.6 is 0 Å². The normalized spacial score (nSPS) is 14.8. The van der Waals surface area contributed by atoms with Gasteiger partial charge >= 0.3 is 21.8 Å². The van der Waals surface area contributed by atoms with Crippen LogP contribution in [0.5, 0.6) is 5.88 Å². The van der Waals surface area contributed by atoms with Gasteiger partial charge in [-0.25, -0.2) is 9.17 Å². The summed E-state index contributed by atoms with van der Waals surface area (Å²) in [7, 11) is -5.37. The maximum absolute atomic E-state index is 12.7. The standard InChI is InChI=1S/C9H7F6NO4S/c1-19-6-4-5(2-3-16-6)7(8(10,11)12)20-21(17,18)9(13,14)15/h2-4,7H,1H3. The summed E-state index contributed by atoms with van der Waals surface area (Å²) in [6.07, 6.45) is -7.93. The topological polar surface area (TPSA) is 65.5 Å². The van der Waals surface area contributed by atoms with Gasteiger partial charge in [-0.2, -0.15) is 34.8 Å². The maximum Gasteiger partial charge on any atom is 0.523 e. The van der Waals surface area contributed by atoms with Crippen molar-refractivity contribution in [1.29, 1.82) is 0 Å². The molecule has 0 radical (unpaired) electrons. The van der Waals surface area contributed by atoms with E-state index in [0.29, 0.717) is 12.1 Å². The van der Waals surface area contributed by atoms with Gasteiger partial charge in [0.25, 0.3) is 0 Å². The summed E-state index contributed by atoms with van der Waals surface area (Å²) in [5.41, 5.74) is -6.88. The van der Waals surface area contributed by atoms with E-state index in [-0.39, 0.29) is 5.88 Å². The summed E-state index contributed by atoms with van der Waals surface area (Å²) >= 11 is 0. The van der Waals surface area contributed by atoms with Crippen LogP contribution in [0.1, 0.15) is 11.7 Å². The predicted molar refractivity (Wildman–Crippen MR) is 55.6 cm³/mol. The summed E-state index contributed by atoms with van der Waals surface area (Å²) in [5, 5.41) is 0. The summed E-state index contributed by atoms with van der Waals surface area (Å²) in [6.45, 7) is 0. The van der Waals surface area contributed by atoms with Crippen molar-refractivity contribution in [3.63, 3.8) is 0 Å². The molecule has 0 saturated heterocycles. The lowest BCUT2D eigenvalue weighted by atomic mass is 10.1. The van der Waals surface area contributed by atoms with Crippen LogP contribution in [0.2, 0.25) is 0 Å². The molecule has 1 heterocycles. The minimum Gasteiger partial charge on any atom is -0.481 e. The number of alkyl halides is 6. The van der Waals surface area contributed by atoms with Crippen LogP contribution in [0.15, 0.2) is 18.3 Å². The van der Waals surface area contributed by atoms with Crippen LogP contribution in [-0.4, -0.2) is 32.2 Å². The first-order valence-corrected chi connectivity index (χ1v) is 6.35. The minimum absolute atomic E-state index is 0.352. The average Bonchev–Trinajstić information content (AvgIpc) is 2.33. The van der Waals surface area contributed by atoms with E-state index in [2.05, 4.69) is 13.9 Å². The fourth-order valence-corrected chi connectivity index (χ4v) is 1.76. The fourth-order valence-electron chi connectivity index (χ4n) is 1.18. The zero-order valence-electron chi connectivity index (χ0n) is 10.1. The maximum atomic E-state index is 12.7. The van der Waals surface area contributed by atoms with Crippen molar-refractivity contribution in [3.05, 3.63) is 23.9 Å². The van der Waals surface area contributed by atoms with Gasteiger partial charge in [0.05, 0.1) is 7.11 Å². The van der Waals surface area contributed by atoms with Gasteiger partial charge in [-0.15, -0.1) is 0 Å². The number of aromatic nitrogens is 1. The van der Waals surface area contributed by atoms with E-state index in [1.165, 1.54) is 0 Å². The molecule has 120 valence electrons. The number of ether oxygens (including phenoxy) is 1. The highest BCUT2D eigenvalue weighted by molar-refractivity contribution is 7.87. The highest BCUT2D eigenvalue weighted by Crippen LogP contribution is 2.40. The molecule has 1 aromatic heterocycles. The Labute approximate surface area is 114 Å². The Bertz CT molecular complexity index is 597. The Morgan fingerprint density at radius 2 is 1.76 bits per heavy atom. The van der Waals surface area contributed by atoms with Gasteiger partial charge in [-0.1, -0.05) is 0 Å². The Hall–Kier alpha value is -1.56. The summed E-state index contributed by atoms with van der Waals surface area (Å²) in [4.78, 5) is 3.45. The van der Waals surface area contributed by atoms with Crippen LogP contribution in [0.3, 0.4) is 0 Å². The number of hydrogen-bond acceptors (Lipinski definition) is 5. The largest absolute Gasteiger partial charge is 0.523 e. The molecule has 0 bridgehead atoms. The molecule has 0 aliphatic heterocycles. The molecule has 1 rings (SSSR count). The van der Waals surface area contributed by atoms with E-state index in [1.807, 2.05) is 0 Å². The Morgan fingerprint density at radius 1 is 1.19 bits per heavy atom. The average molecular weight is 339 g/mol. The Balaban J connectivity index is 3.26. The van der Waals surface area contributed by atoms with Gasteiger partial charge in [0, 0.05) is 12.3 Å². The lowest BCUT2D eigenvalue weighted by molar-refractivity contribution is -0.200. The van der Waals surface area contributed by atoms with Gasteiger partial charge in [0.1, 0.15) is 0 Å². The van der Waals surface area contributed by atoms with Crippen molar-refractivity contribution < 1.29 is 43.7 Å². The third kappa shape index (κ3) is 4.20. The quantitative estimate of drug-likeness (QED) is 0.479. The summed E-state index contributed by atoms with van der Waals surface area (Å²) in [5.74, 6) is -0.352. The molecule has 0 amide bonds. The first-order chi connectivity index (χ1) is 9.38. The second-order valence-electron chi connectivity index (χ2n) is 3.55. The number of rotatable bonds is 4. The van der Waals surface area contributed by atoms with E-state index < -0.39 is 33.5 Å². The van der Waals surface area contributed by atoms with E-state index in [4.69, 9.17) is 0 Å². The second-order valence-corrected chi connectivity index (χ2v) is 5.11. The highest BCUT2D eigenvalue weighted by atomic mass is 32.2. The van der Waals surface area contributed by atoms with Crippen LogP contribution in [0.4, 0.5) is 26.3 Å². The SMILES string of the molecule is COc1cc(C(OS(=O)(=O)C(F)(F)F)C(F)(F)F)ccn1. The van der Waals surface area contributed by atoms with E-state index >= 15 is 0 Å². The van der Waals surface area contributed by atoms with E-state index in [1.54, 1.807) is 0 Å². The summed E-state index contributed by atoms with van der Waals surface area (Å²) < 4.78 is 104. The van der Waals surface area contributed by atoms with Gasteiger partial charge in [-0.05, 0) is 11.6 Å². The Kier molecular flexibility index (Phi) is 4.73. The number of halogens is 6. The monoisotopic (exact) mass is 339 g/mol. The van der Waals surface area contributed by atoms with Crippen LogP contribution in [0, 0.1) is 0 Å². The molecule has 5 nitrogen and oxygen atoms in total. The molecule has 1 aromatic rings. The number of pyridine rings is 1. The van der Waals surface area contributed by atoms with Crippen LogP contribution < -0.4 is 4.74 Å². The minimum atomic E-state index is -6.43. The Morgan fingerprint density at radius 3 is 2.19 bits per heavy atom. The van der Waals surface area contributed by atoms with E-state index in [9.17, 15) is 34.8 Å². The molecule has 0 aromatic carbocycles. The molecular formula is C9H7F6NO4S. The number of hydrogen-bond donors (Lipinski definition) is 0.